The van der Waals surface area contributed by atoms with E-state index in [2.05, 4.69) is 35.2 Å². The maximum absolute atomic E-state index is 8.92. The molecule has 102 valence electrons. The van der Waals surface area contributed by atoms with Gasteiger partial charge in [-0.05, 0) is 26.3 Å². The highest BCUT2D eigenvalue weighted by Gasteiger charge is 2.49. The molecule has 1 aliphatic carbocycles. The Balaban J connectivity index is 2.07. The van der Waals surface area contributed by atoms with E-state index >= 15 is 0 Å². The predicted octanol–water partition coefficient (Wildman–Crippen LogP) is 2.27. The number of hydrogen-bond donors (Lipinski definition) is 1. The molecule has 1 aromatic heterocycles. The van der Waals surface area contributed by atoms with Gasteiger partial charge in [0.05, 0.1) is 6.10 Å². The molecule has 19 heavy (non-hydrogen) atoms. The molecule has 2 unspecified atom stereocenters. The van der Waals surface area contributed by atoms with Crippen LogP contribution < -0.4 is 5.32 Å². The zero-order valence-corrected chi connectivity index (χ0v) is 11.9. The number of aromatic nitrogens is 2. The van der Waals surface area contributed by atoms with Crippen LogP contribution in [0.5, 0.6) is 0 Å². The first-order valence-corrected chi connectivity index (χ1v) is 6.61. The Morgan fingerprint density at radius 1 is 1.53 bits per heavy atom. The highest BCUT2D eigenvalue weighted by atomic mass is 16.5. The lowest BCUT2D eigenvalue weighted by molar-refractivity contribution is -0.0977. The van der Waals surface area contributed by atoms with E-state index in [4.69, 9.17) is 10.00 Å². The van der Waals surface area contributed by atoms with Gasteiger partial charge in [-0.15, -0.1) is 0 Å². The molecule has 1 fully saturated rings. The largest absolute Gasteiger partial charge is 0.378 e. The molecule has 0 radical (unpaired) electrons. The van der Waals surface area contributed by atoms with Gasteiger partial charge in [-0.2, -0.15) is 5.26 Å². The summed E-state index contributed by atoms with van der Waals surface area (Å²) in [5.74, 6) is 0.532. The molecule has 5 heteroatoms. The average molecular weight is 260 g/mol. The first-order chi connectivity index (χ1) is 8.97. The van der Waals surface area contributed by atoms with Gasteiger partial charge in [-0.25, -0.2) is 9.97 Å². The van der Waals surface area contributed by atoms with Crippen LogP contribution in [0.4, 0.5) is 5.95 Å². The number of anilines is 1. The summed E-state index contributed by atoms with van der Waals surface area (Å²) in [7, 11) is 0. The Labute approximate surface area is 114 Å². The SMILES string of the molecule is CCOC1CC(Nc2nc(C)cc(C#N)n2)C1(C)C. The third kappa shape index (κ3) is 2.69. The summed E-state index contributed by atoms with van der Waals surface area (Å²) in [4.78, 5) is 8.51. The number of nitrogens with one attached hydrogen (secondary N) is 1. The third-order valence-electron chi connectivity index (χ3n) is 3.82. The molecule has 1 heterocycles. The van der Waals surface area contributed by atoms with Crippen LogP contribution in [0.3, 0.4) is 0 Å². The molecule has 1 aromatic rings. The lowest BCUT2D eigenvalue weighted by Gasteiger charge is -2.51. The minimum absolute atomic E-state index is 0.0515. The Morgan fingerprint density at radius 2 is 2.26 bits per heavy atom. The number of ether oxygens (including phenoxy) is 1. The summed E-state index contributed by atoms with van der Waals surface area (Å²) in [5, 5.41) is 12.2. The summed E-state index contributed by atoms with van der Waals surface area (Å²) >= 11 is 0. The van der Waals surface area contributed by atoms with Gasteiger partial charge in [0, 0.05) is 23.8 Å². The van der Waals surface area contributed by atoms with Gasteiger partial charge in [0.2, 0.25) is 5.95 Å². The smallest absolute Gasteiger partial charge is 0.224 e. The molecule has 0 saturated heterocycles. The lowest BCUT2D eigenvalue weighted by atomic mass is 9.64. The van der Waals surface area contributed by atoms with Crippen molar-refractivity contribution in [3.63, 3.8) is 0 Å². The van der Waals surface area contributed by atoms with Gasteiger partial charge in [0.1, 0.15) is 11.8 Å². The van der Waals surface area contributed by atoms with Gasteiger partial charge < -0.3 is 10.1 Å². The van der Waals surface area contributed by atoms with Gasteiger partial charge in [-0.1, -0.05) is 13.8 Å². The second-order valence-corrected chi connectivity index (χ2v) is 5.53. The monoisotopic (exact) mass is 260 g/mol. The molecule has 1 aliphatic rings. The summed E-state index contributed by atoms with van der Waals surface area (Å²) in [6.45, 7) is 8.97. The zero-order valence-electron chi connectivity index (χ0n) is 11.9. The fourth-order valence-corrected chi connectivity index (χ4v) is 2.46. The fourth-order valence-electron chi connectivity index (χ4n) is 2.46. The average Bonchev–Trinajstić information content (AvgIpc) is 2.37. The topological polar surface area (TPSA) is 70.8 Å². The van der Waals surface area contributed by atoms with Crippen molar-refractivity contribution in [2.45, 2.75) is 46.3 Å². The van der Waals surface area contributed by atoms with Gasteiger partial charge >= 0.3 is 0 Å². The van der Waals surface area contributed by atoms with E-state index in [1.807, 2.05) is 13.8 Å². The predicted molar refractivity (Wildman–Crippen MR) is 72.7 cm³/mol. The Hall–Kier alpha value is -1.67. The van der Waals surface area contributed by atoms with E-state index in [1.54, 1.807) is 6.07 Å². The van der Waals surface area contributed by atoms with Gasteiger partial charge in [0.15, 0.2) is 0 Å². The maximum Gasteiger partial charge on any atom is 0.224 e. The van der Waals surface area contributed by atoms with Crippen LogP contribution in [0.15, 0.2) is 6.07 Å². The van der Waals surface area contributed by atoms with Crippen LogP contribution in [0.25, 0.3) is 0 Å². The van der Waals surface area contributed by atoms with Crippen LogP contribution >= 0.6 is 0 Å². The highest BCUT2D eigenvalue weighted by molar-refractivity contribution is 5.35. The first kappa shape index (κ1) is 13.8. The Bertz CT molecular complexity index is 507. The molecule has 1 saturated carbocycles. The minimum Gasteiger partial charge on any atom is -0.378 e. The quantitative estimate of drug-likeness (QED) is 0.899. The molecule has 1 N–H and O–H groups in total. The highest BCUT2D eigenvalue weighted by Crippen LogP contribution is 2.43. The van der Waals surface area contributed by atoms with E-state index in [0.717, 1.165) is 18.7 Å². The summed E-state index contributed by atoms with van der Waals surface area (Å²) in [5.41, 5.74) is 1.25. The van der Waals surface area contributed by atoms with Crippen molar-refractivity contribution in [2.75, 3.05) is 11.9 Å². The normalized spacial score (nSPS) is 24.4. The second-order valence-electron chi connectivity index (χ2n) is 5.53. The molecule has 2 rings (SSSR count). The van der Waals surface area contributed by atoms with Crippen molar-refractivity contribution in [3.05, 3.63) is 17.5 Å². The number of nitrogens with zero attached hydrogens (tertiary/aromatic N) is 3. The maximum atomic E-state index is 8.92. The molecule has 0 bridgehead atoms. The molecule has 0 amide bonds. The van der Waals surface area contributed by atoms with Crippen LogP contribution in [0.1, 0.15) is 38.6 Å². The van der Waals surface area contributed by atoms with E-state index in [9.17, 15) is 0 Å². The molecule has 2 atom stereocenters. The molecular weight excluding hydrogens is 240 g/mol. The molecule has 0 aromatic carbocycles. The zero-order chi connectivity index (χ0) is 14.0. The molecule has 0 spiro atoms. The van der Waals surface area contributed by atoms with E-state index < -0.39 is 0 Å². The number of hydrogen-bond acceptors (Lipinski definition) is 5. The van der Waals surface area contributed by atoms with E-state index in [-0.39, 0.29) is 17.6 Å². The number of aryl methyl sites for hydroxylation is 1. The van der Waals surface area contributed by atoms with Crippen LogP contribution in [0, 0.1) is 23.7 Å². The molecular formula is C14H20N4O. The van der Waals surface area contributed by atoms with Crippen molar-refractivity contribution in [3.8, 4) is 6.07 Å². The summed E-state index contributed by atoms with van der Waals surface area (Å²) in [6.07, 6.45) is 1.22. The van der Waals surface area contributed by atoms with Crippen molar-refractivity contribution in [1.82, 2.24) is 9.97 Å². The summed E-state index contributed by atoms with van der Waals surface area (Å²) < 4.78 is 5.70. The van der Waals surface area contributed by atoms with Gasteiger partial charge in [0.25, 0.3) is 0 Å². The fraction of sp³-hybridized carbons (Fsp3) is 0.643. The first-order valence-electron chi connectivity index (χ1n) is 6.61. The molecule has 5 nitrogen and oxygen atoms in total. The van der Waals surface area contributed by atoms with Crippen molar-refractivity contribution >= 4 is 5.95 Å². The number of nitriles is 1. The van der Waals surface area contributed by atoms with Gasteiger partial charge in [-0.3, -0.25) is 0 Å². The minimum atomic E-state index is 0.0515. The Morgan fingerprint density at radius 3 is 2.84 bits per heavy atom. The third-order valence-corrected chi connectivity index (χ3v) is 3.82. The lowest BCUT2D eigenvalue weighted by Crippen LogP contribution is -2.58. The van der Waals surface area contributed by atoms with Crippen molar-refractivity contribution in [2.24, 2.45) is 5.41 Å². The van der Waals surface area contributed by atoms with Crippen LogP contribution in [-0.2, 0) is 4.74 Å². The van der Waals surface area contributed by atoms with E-state index in [1.165, 1.54) is 0 Å². The van der Waals surface area contributed by atoms with Crippen LogP contribution in [0.2, 0.25) is 0 Å². The molecule has 0 aliphatic heterocycles. The standard InChI is InChI=1S/C14H20N4O/c1-5-19-12-7-11(14(12,3)4)18-13-16-9(2)6-10(8-15)17-13/h6,11-12H,5,7H2,1-4H3,(H,16,17,18). The van der Waals surface area contributed by atoms with Crippen molar-refractivity contribution < 1.29 is 4.74 Å². The van der Waals surface area contributed by atoms with E-state index in [0.29, 0.717) is 11.6 Å². The van der Waals surface area contributed by atoms with Crippen molar-refractivity contribution in [1.29, 1.82) is 5.26 Å². The number of rotatable bonds is 4. The second kappa shape index (κ2) is 5.14. The van der Waals surface area contributed by atoms with Crippen LogP contribution in [-0.4, -0.2) is 28.7 Å². The summed E-state index contributed by atoms with van der Waals surface area (Å²) in [6, 6.07) is 4.01. The Kier molecular flexibility index (Phi) is 3.72.